The Bertz CT molecular complexity index is 1200. The summed E-state index contributed by atoms with van der Waals surface area (Å²) in [7, 11) is 0. The van der Waals surface area contributed by atoms with Gasteiger partial charge < -0.3 is 19.7 Å². The highest BCUT2D eigenvalue weighted by Gasteiger charge is 2.28. The highest BCUT2D eigenvalue weighted by atomic mass is 19.1. The lowest BCUT2D eigenvalue weighted by atomic mass is 10.1. The van der Waals surface area contributed by atoms with Gasteiger partial charge in [0, 0.05) is 49.3 Å². The van der Waals surface area contributed by atoms with E-state index in [-0.39, 0.29) is 18.0 Å². The normalized spacial score (nSPS) is 14.6. The molecule has 0 aliphatic carbocycles. The maximum Gasteiger partial charge on any atom is 0.410 e. The zero-order chi connectivity index (χ0) is 24.3. The van der Waals surface area contributed by atoms with Crippen LogP contribution in [0, 0.1) is 5.82 Å². The first-order valence-corrected chi connectivity index (χ1v) is 11.1. The number of nitrogens with zero attached hydrogens (tertiary/aromatic N) is 3. The Labute approximate surface area is 197 Å². The Kier molecular flexibility index (Phi) is 6.63. The van der Waals surface area contributed by atoms with Crippen LogP contribution in [0.1, 0.15) is 44.0 Å². The van der Waals surface area contributed by atoms with Crippen molar-refractivity contribution in [2.24, 2.45) is 0 Å². The average molecular weight is 467 g/mol. The molecule has 0 bridgehead atoms. The van der Waals surface area contributed by atoms with Crippen LogP contribution < -0.4 is 10.1 Å². The number of aldehydes is 1. The minimum absolute atomic E-state index is 0.151. The summed E-state index contributed by atoms with van der Waals surface area (Å²) in [5.74, 6) is 0.358. The van der Waals surface area contributed by atoms with Crippen LogP contribution in [0.25, 0.3) is 10.9 Å². The van der Waals surface area contributed by atoms with E-state index in [9.17, 15) is 14.0 Å². The van der Waals surface area contributed by atoms with Gasteiger partial charge >= 0.3 is 6.09 Å². The number of halogens is 1. The van der Waals surface area contributed by atoms with Gasteiger partial charge in [-0.3, -0.25) is 4.79 Å². The molecule has 1 amide bonds. The van der Waals surface area contributed by atoms with Crippen molar-refractivity contribution >= 4 is 34.9 Å². The molecule has 34 heavy (non-hydrogen) atoms. The van der Waals surface area contributed by atoms with Crippen molar-refractivity contribution in [1.82, 2.24) is 14.9 Å². The summed E-state index contributed by atoms with van der Waals surface area (Å²) in [4.78, 5) is 34.4. The number of piperidine rings is 1. The van der Waals surface area contributed by atoms with E-state index in [1.165, 1.54) is 12.1 Å². The van der Waals surface area contributed by atoms with Gasteiger partial charge in [0.25, 0.3) is 0 Å². The van der Waals surface area contributed by atoms with Gasteiger partial charge in [-0.1, -0.05) is 6.07 Å². The fourth-order valence-electron chi connectivity index (χ4n) is 3.69. The number of anilines is 2. The summed E-state index contributed by atoms with van der Waals surface area (Å²) in [6.45, 7) is 6.53. The molecule has 1 saturated heterocycles. The summed E-state index contributed by atoms with van der Waals surface area (Å²) < 4.78 is 25.0. The molecule has 178 valence electrons. The average Bonchev–Trinajstić information content (AvgIpc) is 2.78. The molecule has 3 aromatic rings. The molecule has 0 spiro atoms. The Balaban J connectivity index is 1.47. The minimum Gasteiger partial charge on any atom is -0.489 e. The van der Waals surface area contributed by atoms with Crippen molar-refractivity contribution < 1.29 is 23.5 Å². The van der Waals surface area contributed by atoms with Crippen molar-refractivity contribution in [2.75, 3.05) is 18.4 Å². The second-order valence-corrected chi connectivity index (χ2v) is 9.18. The monoisotopic (exact) mass is 466 g/mol. The summed E-state index contributed by atoms with van der Waals surface area (Å²) in [6.07, 6.45) is 3.09. The summed E-state index contributed by atoms with van der Waals surface area (Å²) in [5.41, 5.74) is 0.966. The predicted octanol–water partition coefficient (Wildman–Crippen LogP) is 5.10. The number of nitrogens with one attached hydrogen (secondary N) is 1. The first-order chi connectivity index (χ1) is 16.2. The molecule has 1 aliphatic rings. The van der Waals surface area contributed by atoms with Crippen LogP contribution in [0.3, 0.4) is 0 Å². The highest BCUT2D eigenvalue weighted by Crippen LogP contribution is 2.28. The number of ether oxygens (including phenoxy) is 2. The molecule has 0 unspecified atom stereocenters. The Morgan fingerprint density at radius 1 is 1.21 bits per heavy atom. The van der Waals surface area contributed by atoms with E-state index in [4.69, 9.17) is 9.47 Å². The number of hydrogen-bond donors (Lipinski definition) is 1. The maximum atomic E-state index is 13.5. The van der Waals surface area contributed by atoms with E-state index in [2.05, 4.69) is 15.3 Å². The van der Waals surface area contributed by atoms with Crippen LogP contribution in [-0.4, -0.2) is 52.0 Å². The molecule has 9 heteroatoms. The molecule has 8 nitrogen and oxygen atoms in total. The van der Waals surface area contributed by atoms with E-state index in [0.717, 1.165) is 6.29 Å². The Morgan fingerprint density at radius 2 is 1.97 bits per heavy atom. The van der Waals surface area contributed by atoms with E-state index in [1.807, 2.05) is 20.8 Å². The molecule has 1 aromatic heterocycles. The molecule has 2 aromatic carbocycles. The zero-order valence-corrected chi connectivity index (χ0v) is 19.4. The van der Waals surface area contributed by atoms with Crippen LogP contribution in [0.4, 0.5) is 20.8 Å². The first-order valence-electron chi connectivity index (χ1n) is 11.1. The first kappa shape index (κ1) is 23.4. The van der Waals surface area contributed by atoms with E-state index < -0.39 is 5.60 Å². The van der Waals surface area contributed by atoms with Gasteiger partial charge in [-0.15, -0.1) is 0 Å². The van der Waals surface area contributed by atoms with Gasteiger partial charge in [0.1, 0.15) is 23.3 Å². The molecular weight excluding hydrogens is 439 g/mol. The largest absolute Gasteiger partial charge is 0.489 e. The Hall–Kier alpha value is -3.75. The van der Waals surface area contributed by atoms with Crippen LogP contribution >= 0.6 is 0 Å². The molecule has 0 saturated carbocycles. The van der Waals surface area contributed by atoms with Crippen LogP contribution in [0.5, 0.6) is 5.75 Å². The minimum atomic E-state index is -0.543. The smallest absolute Gasteiger partial charge is 0.410 e. The van der Waals surface area contributed by atoms with Crippen molar-refractivity contribution in [3.8, 4) is 5.75 Å². The molecule has 1 fully saturated rings. The lowest BCUT2D eigenvalue weighted by molar-refractivity contribution is 0.0126. The third kappa shape index (κ3) is 5.78. The SMILES string of the molecule is CC(C)(C)OC(=O)N1CCC(Oc2cc3nc(Nc4cccc(F)c4)ncc3cc2C=O)CC1. The van der Waals surface area contributed by atoms with Crippen molar-refractivity contribution in [3.05, 3.63) is 54.0 Å². The molecule has 0 radical (unpaired) electrons. The van der Waals surface area contributed by atoms with Gasteiger partial charge in [0.15, 0.2) is 6.29 Å². The second-order valence-electron chi connectivity index (χ2n) is 9.18. The van der Waals surface area contributed by atoms with Crippen molar-refractivity contribution in [3.63, 3.8) is 0 Å². The topological polar surface area (TPSA) is 93.7 Å². The van der Waals surface area contributed by atoms with E-state index >= 15 is 0 Å². The molecule has 4 rings (SSSR count). The van der Waals surface area contributed by atoms with Crippen molar-refractivity contribution in [1.29, 1.82) is 0 Å². The fraction of sp³-hybridized carbons (Fsp3) is 0.360. The lowest BCUT2D eigenvalue weighted by Gasteiger charge is -2.33. The van der Waals surface area contributed by atoms with Crippen LogP contribution in [-0.2, 0) is 4.74 Å². The summed E-state index contributed by atoms with van der Waals surface area (Å²) in [6, 6.07) is 9.40. The molecular formula is C25H27FN4O4. The molecule has 0 atom stereocenters. The predicted molar refractivity (Wildman–Crippen MR) is 126 cm³/mol. The van der Waals surface area contributed by atoms with Crippen LogP contribution in [0.15, 0.2) is 42.6 Å². The molecule has 1 N–H and O–H groups in total. The number of aromatic nitrogens is 2. The van der Waals surface area contributed by atoms with Gasteiger partial charge in [-0.2, -0.15) is 0 Å². The van der Waals surface area contributed by atoms with Gasteiger partial charge in [-0.05, 0) is 45.0 Å². The van der Waals surface area contributed by atoms with Crippen LogP contribution in [0.2, 0.25) is 0 Å². The number of carbonyl (C=O) groups excluding carboxylic acids is 2. The van der Waals surface area contributed by atoms with Gasteiger partial charge in [-0.25, -0.2) is 19.2 Å². The highest BCUT2D eigenvalue weighted by molar-refractivity contribution is 5.90. The quantitative estimate of drug-likeness (QED) is 0.523. The van der Waals surface area contributed by atoms with Crippen molar-refractivity contribution in [2.45, 2.75) is 45.3 Å². The number of hydrogen-bond acceptors (Lipinski definition) is 7. The third-order valence-corrected chi connectivity index (χ3v) is 5.31. The van der Waals surface area contributed by atoms with E-state index in [0.29, 0.717) is 59.8 Å². The summed E-state index contributed by atoms with van der Waals surface area (Å²) in [5, 5.41) is 3.66. The standard InChI is InChI=1S/C25H27FN4O4/c1-25(2,3)34-24(32)30-9-7-20(8-10-30)33-22-13-21-16(11-17(22)15-31)14-27-23(29-21)28-19-6-4-5-18(26)12-19/h4-6,11-15,20H,7-10H2,1-3H3,(H,27,28,29). The number of benzene rings is 2. The Morgan fingerprint density at radius 3 is 2.65 bits per heavy atom. The number of rotatable bonds is 5. The number of carbonyl (C=O) groups is 2. The number of likely N-dealkylation sites (tertiary alicyclic amines) is 1. The maximum absolute atomic E-state index is 13.5. The number of fused-ring (bicyclic) bond motifs is 1. The number of amides is 1. The molecule has 1 aliphatic heterocycles. The zero-order valence-electron chi connectivity index (χ0n) is 19.4. The second kappa shape index (κ2) is 9.62. The third-order valence-electron chi connectivity index (χ3n) is 5.31. The van der Waals surface area contributed by atoms with E-state index in [1.54, 1.807) is 35.4 Å². The fourth-order valence-corrected chi connectivity index (χ4v) is 3.69. The molecule has 2 heterocycles. The lowest BCUT2D eigenvalue weighted by Crippen LogP contribution is -2.44. The van der Waals surface area contributed by atoms with Gasteiger partial charge in [0.05, 0.1) is 11.1 Å². The summed E-state index contributed by atoms with van der Waals surface area (Å²) >= 11 is 0. The van der Waals surface area contributed by atoms with Gasteiger partial charge in [0.2, 0.25) is 5.95 Å².